The molecule has 1 aromatic heterocycles. The van der Waals surface area contributed by atoms with Gasteiger partial charge in [0.25, 0.3) is 0 Å². The summed E-state index contributed by atoms with van der Waals surface area (Å²) in [6.07, 6.45) is -2.01. The second-order valence-corrected chi connectivity index (χ2v) is 3.75. The fraction of sp³-hybridized carbons (Fsp3) is 0.600. The minimum Gasteiger partial charge on any atom is -0.394 e. The zero-order chi connectivity index (χ0) is 13.7. The van der Waals surface area contributed by atoms with Crippen LogP contribution in [0, 0.1) is 0 Å². The highest BCUT2D eigenvalue weighted by atomic mass is 19.1. The van der Waals surface area contributed by atoms with Gasteiger partial charge in [0.15, 0.2) is 6.23 Å². The lowest BCUT2D eigenvalue weighted by Crippen LogP contribution is -2.37. The van der Waals surface area contributed by atoms with E-state index in [0.29, 0.717) is 0 Å². The summed E-state index contributed by atoms with van der Waals surface area (Å²) in [7, 11) is 0. The molecular weight excluding hydrogens is 245 g/mol. The predicted molar refractivity (Wildman–Crippen MR) is 61.6 cm³/mol. The minimum atomic E-state index is -1.27. The van der Waals surface area contributed by atoms with E-state index in [2.05, 4.69) is 4.98 Å². The number of hydrogen-bond donors (Lipinski definition) is 3. The Morgan fingerprint density at radius 3 is 2.78 bits per heavy atom. The number of aromatic nitrogens is 2. The Balaban J connectivity index is 2.92. The van der Waals surface area contributed by atoms with Crippen LogP contribution in [0.3, 0.4) is 0 Å². The van der Waals surface area contributed by atoms with Crippen LogP contribution < -0.4 is 11.4 Å². The predicted octanol–water partition coefficient (Wildman–Crippen LogP) is -0.948. The number of halogens is 1. The number of hydrogen-bond acceptors (Lipinski definition) is 6. The number of nitrogens with two attached hydrogens (primary N) is 1. The van der Waals surface area contributed by atoms with Crippen LogP contribution in [0.4, 0.5) is 10.2 Å². The molecule has 0 aromatic carbocycles. The van der Waals surface area contributed by atoms with E-state index >= 15 is 0 Å². The zero-order valence-corrected chi connectivity index (χ0v) is 9.86. The Kier molecular flexibility index (Phi) is 5.20. The van der Waals surface area contributed by atoms with Crippen LogP contribution in [0.15, 0.2) is 17.1 Å². The molecule has 0 saturated carbocycles. The first kappa shape index (κ1) is 14.6. The van der Waals surface area contributed by atoms with Crippen molar-refractivity contribution < 1.29 is 19.3 Å². The molecule has 0 saturated heterocycles. The summed E-state index contributed by atoms with van der Waals surface area (Å²) < 4.78 is 18.9. The number of nitrogen functional groups attached to an aromatic ring is 1. The molecule has 8 heteroatoms. The van der Waals surface area contributed by atoms with E-state index in [4.69, 9.17) is 15.6 Å². The summed E-state index contributed by atoms with van der Waals surface area (Å²) in [6, 6.07) is 1.32. The van der Waals surface area contributed by atoms with Gasteiger partial charge in [-0.15, -0.1) is 0 Å². The van der Waals surface area contributed by atoms with Crippen LogP contribution in [-0.4, -0.2) is 45.3 Å². The number of rotatable bonds is 6. The molecule has 3 atom stereocenters. The third kappa shape index (κ3) is 3.49. The number of aliphatic hydroxyl groups is 2. The highest BCUT2D eigenvalue weighted by Crippen LogP contribution is 2.12. The smallest absolute Gasteiger partial charge is 0.351 e. The second-order valence-electron chi connectivity index (χ2n) is 3.75. The molecule has 0 aliphatic carbocycles. The normalized spacial score (nSPS) is 16.2. The molecule has 1 heterocycles. The van der Waals surface area contributed by atoms with Crippen LogP contribution in [0.1, 0.15) is 13.2 Å². The molecule has 0 amide bonds. The Morgan fingerprint density at radius 1 is 1.67 bits per heavy atom. The van der Waals surface area contributed by atoms with Gasteiger partial charge in [-0.1, -0.05) is 0 Å². The number of aliphatic hydroxyl groups excluding tert-OH is 2. The Morgan fingerprint density at radius 2 is 2.33 bits per heavy atom. The summed E-state index contributed by atoms with van der Waals surface area (Å²) in [6.45, 7) is -0.111. The molecule has 0 radical (unpaired) electrons. The monoisotopic (exact) mass is 261 g/mol. The molecule has 0 bridgehead atoms. The van der Waals surface area contributed by atoms with E-state index in [1.54, 1.807) is 0 Å². The van der Waals surface area contributed by atoms with Gasteiger partial charge in [-0.25, -0.2) is 9.18 Å². The van der Waals surface area contributed by atoms with Crippen LogP contribution in [0.25, 0.3) is 0 Å². The molecule has 4 N–H and O–H groups in total. The first-order valence-electron chi connectivity index (χ1n) is 5.34. The molecule has 1 rings (SSSR count). The highest BCUT2D eigenvalue weighted by Gasteiger charge is 2.22. The van der Waals surface area contributed by atoms with Crippen LogP contribution in [0.2, 0.25) is 0 Å². The second kappa shape index (κ2) is 6.43. The molecule has 0 aliphatic rings. The summed E-state index contributed by atoms with van der Waals surface area (Å²) in [4.78, 5) is 14.9. The van der Waals surface area contributed by atoms with Crippen LogP contribution in [0.5, 0.6) is 0 Å². The highest BCUT2D eigenvalue weighted by molar-refractivity contribution is 5.23. The van der Waals surface area contributed by atoms with Gasteiger partial charge in [0.05, 0.1) is 12.7 Å². The molecule has 1 aromatic rings. The van der Waals surface area contributed by atoms with Crippen LogP contribution in [-0.2, 0) is 4.74 Å². The van der Waals surface area contributed by atoms with Crippen molar-refractivity contribution in [3.8, 4) is 0 Å². The zero-order valence-electron chi connectivity index (χ0n) is 9.86. The van der Waals surface area contributed by atoms with Crippen molar-refractivity contribution in [1.82, 2.24) is 9.55 Å². The first-order valence-corrected chi connectivity index (χ1v) is 5.34. The van der Waals surface area contributed by atoms with E-state index in [1.807, 2.05) is 0 Å². The van der Waals surface area contributed by atoms with Gasteiger partial charge >= 0.3 is 5.69 Å². The van der Waals surface area contributed by atoms with Crippen molar-refractivity contribution in [1.29, 1.82) is 0 Å². The minimum absolute atomic E-state index is 0.0168. The van der Waals surface area contributed by atoms with Crippen molar-refractivity contribution in [3.63, 3.8) is 0 Å². The molecule has 102 valence electrons. The van der Waals surface area contributed by atoms with Gasteiger partial charge in [-0.2, -0.15) is 4.98 Å². The molecule has 2 unspecified atom stereocenters. The molecule has 0 spiro atoms. The molecule has 0 fully saturated rings. The fourth-order valence-corrected chi connectivity index (χ4v) is 1.33. The summed E-state index contributed by atoms with van der Waals surface area (Å²) in [5, 5.41) is 18.3. The summed E-state index contributed by atoms with van der Waals surface area (Å²) >= 11 is 0. The molecule has 7 nitrogen and oxygen atoms in total. The van der Waals surface area contributed by atoms with Crippen molar-refractivity contribution in [2.45, 2.75) is 25.4 Å². The number of alkyl halides is 1. The number of nitrogens with zero attached hydrogens (tertiary/aromatic N) is 2. The maximum absolute atomic E-state index is 12.9. The Hall–Kier alpha value is -1.51. The lowest BCUT2D eigenvalue weighted by molar-refractivity contribution is -0.126. The maximum atomic E-state index is 12.9. The lowest BCUT2D eigenvalue weighted by atomic mass is 10.2. The topological polar surface area (TPSA) is 111 Å². The number of ether oxygens (including phenoxy) is 1. The van der Waals surface area contributed by atoms with Crippen molar-refractivity contribution in [2.24, 2.45) is 0 Å². The Bertz CT molecular complexity index is 437. The van der Waals surface area contributed by atoms with Gasteiger partial charge in [-0.05, 0) is 13.0 Å². The van der Waals surface area contributed by atoms with E-state index in [1.165, 1.54) is 19.2 Å². The van der Waals surface area contributed by atoms with E-state index in [9.17, 15) is 14.3 Å². The SMILES string of the molecule is C[C@H](O)C(CO)OC(CF)n1ccc(N)nc1=O. The summed E-state index contributed by atoms with van der Waals surface area (Å²) in [5.74, 6) is 0.0168. The van der Waals surface area contributed by atoms with Gasteiger partial charge in [0.2, 0.25) is 0 Å². The maximum Gasteiger partial charge on any atom is 0.351 e. The largest absolute Gasteiger partial charge is 0.394 e. The van der Waals surface area contributed by atoms with Gasteiger partial charge < -0.3 is 20.7 Å². The third-order valence-electron chi connectivity index (χ3n) is 2.34. The van der Waals surface area contributed by atoms with Gasteiger partial charge in [0.1, 0.15) is 18.6 Å². The molecular formula is C10H16FN3O4. The van der Waals surface area contributed by atoms with E-state index < -0.39 is 37.4 Å². The molecule has 18 heavy (non-hydrogen) atoms. The van der Waals surface area contributed by atoms with Crippen molar-refractivity contribution in [2.75, 3.05) is 19.0 Å². The van der Waals surface area contributed by atoms with Crippen molar-refractivity contribution >= 4 is 5.82 Å². The van der Waals surface area contributed by atoms with Gasteiger partial charge in [-0.3, -0.25) is 4.57 Å². The van der Waals surface area contributed by atoms with Crippen molar-refractivity contribution in [3.05, 3.63) is 22.7 Å². The molecule has 0 aliphatic heterocycles. The number of anilines is 1. The summed E-state index contributed by atoms with van der Waals surface area (Å²) in [5.41, 5.74) is 4.54. The Labute approximate surface area is 103 Å². The van der Waals surface area contributed by atoms with Crippen LogP contribution >= 0.6 is 0 Å². The standard InChI is InChI=1S/C10H16FN3O4/c1-6(16)7(5-15)18-9(4-11)14-3-2-8(12)13-10(14)17/h2-3,6-7,9,15-16H,4-5H2,1H3,(H2,12,13,17)/t6-,7?,9?/m0/s1. The average Bonchev–Trinajstić information content (AvgIpc) is 2.31. The quantitative estimate of drug-likeness (QED) is 0.609. The lowest BCUT2D eigenvalue weighted by Gasteiger charge is -2.24. The third-order valence-corrected chi connectivity index (χ3v) is 2.34. The first-order chi connectivity index (χ1) is 8.49. The fourth-order valence-electron chi connectivity index (χ4n) is 1.33. The van der Waals surface area contributed by atoms with E-state index in [-0.39, 0.29) is 5.82 Å². The average molecular weight is 261 g/mol. The van der Waals surface area contributed by atoms with E-state index in [0.717, 1.165) is 4.57 Å². The van der Waals surface area contributed by atoms with Gasteiger partial charge in [0, 0.05) is 6.20 Å².